The molecule has 0 unspecified atom stereocenters. The van der Waals surface area contributed by atoms with Crippen LogP contribution in [0.15, 0.2) is 24.3 Å². The van der Waals surface area contributed by atoms with Crippen LogP contribution in [-0.4, -0.2) is 61.7 Å². The summed E-state index contributed by atoms with van der Waals surface area (Å²) in [6.45, 7) is 5.83. The fourth-order valence-corrected chi connectivity index (χ4v) is 3.87. The van der Waals surface area contributed by atoms with Crippen molar-refractivity contribution in [2.24, 2.45) is 5.41 Å². The molecule has 1 aliphatic heterocycles. The first-order valence-electron chi connectivity index (χ1n) is 10.4. The van der Waals surface area contributed by atoms with E-state index >= 15 is 0 Å². The number of hydrogen-bond acceptors (Lipinski definition) is 8. The van der Waals surface area contributed by atoms with Gasteiger partial charge in [-0.15, -0.1) is 10.2 Å². The first kappa shape index (κ1) is 24.9. The van der Waals surface area contributed by atoms with Crippen LogP contribution in [0.5, 0.6) is 0 Å². The molecule has 2 heterocycles. The number of rotatable bonds is 7. The van der Waals surface area contributed by atoms with Crippen LogP contribution in [-0.2, 0) is 19.0 Å². The number of benzene rings is 1. The molecule has 2 aromatic rings. The Labute approximate surface area is 197 Å². The van der Waals surface area contributed by atoms with Crippen LogP contribution >= 0.6 is 11.6 Å². The molecule has 0 radical (unpaired) electrons. The van der Waals surface area contributed by atoms with Crippen LogP contribution < -0.4 is 4.90 Å². The van der Waals surface area contributed by atoms with Gasteiger partial charge in [-0.25, -0.2) is 9.18 Å². The number of carbonyl (C=O) groups is 2. The first-order valence-corrected chi connectivity index (χ1v) is 10.8. The zero-order valence-electron chi connectivity index (χ0n) is 19.3. The lowest BCUT2D eigenvalue weighted by Gasteiger charge is -2.31. The molecular formula is C23H27ClFN3O5. The number of nitrogens with zero attached hydrogens (tertiary/aromatic N) is 3. The maximum Gasteiger partial charge on any atom is 0.342 e. The number of cyclic esters (lactones) is 1. The molecule has 3 rings (SSSR count). The van der Waals surface area contributed by atoms with Crippen LogP contribution in [0.4, 0.5) is 10.2 Å². The molecule has 10 heteroatoms. The number of esters is 2. The summed E-state index contributed by atoms with van der Waals surface area (Å²) >= 11 is 6.02. The van der Waals surface area contributed by atoms with Gasteiger partial charge in [-0.3, -0.25) is 4.79 Å². The summed E-state index contributed by atoms with van der Waals surface area (Å²) in [5.41, 5.74) is -1.38. The van der Waals surface area contributed by atoms with Crippen LogP contribution in [0, 0.1) is 11.2 Å². The summed E-state index contributed by atoms with van der Waals surface area (Å²) < 4.78 is 30.5. The van der Waals surface area contributed by atoms with Crippen LogP contribution in [0.2, 0.25) is 5.02 Å². The Kier molecular flexibility index (Phi) is 7.23. The van der Waals surface area contributed by atoms with E-state index in [1.54, 1.807) is 32.7 Å². The van der Waals surface area contributed by atoms with Gasteiger partial charge >= 0.3 is 11.9 Å². The number of methoxy groups -OCH3 is 1. The maximum atomic E-state index is 14.4. The minimum atomic E-state index is -0.909. The highest BCUT2D eigenvalue weighted by molar-refractivity contribution is 6.30. The zero-order chi connectivity index (χ0) is 24.4. The lowest BCUT2D eigenvalue weighted by Crippen LogP contribution is -2.43. The third-order valence-corrected chi connectivity index (χ3v) is 5.40. The third-order valence-electron chi connectivity index (χ3n) is 5.17. The molecule has 1 saturated heterocycles. The standard InChI is InChI=1S/C23H27ClFN3O5/c1-22(2,3)33-20(29)16-11-18(15-10-14(24)6-7-17(15)25)26-27-19(16)28(4)12-23(13-31-5)8-9-32-21(23)30/h6-7,10-11H,8-9,12-13H2,1-5H3/t23-/m0/s1. The second-order valence-electron chi connectivity index (χ2n) is 9.05. The predicted molar refractivity (Wildman–Crippen MR) is 121 cm³/mol. The molecule has 0 saturated carbocycles. The Bertz CT molecular complexity index is 1060. The highest BCUT2D eigenvalue weighted by Gasteiger charge is 2.46. The maximum absolute atomic E-state index is 14.4. The Balaban J connectivity index is 2.05. The van der Waals surface area contributed by atoms with E-state index in [9.17, 15) is 14.0 Å². The molecule has 0 spiro atoms. The molecule has 33 heavy (non-hydrogen) atoms. The van der Waals surface area contributed by atoms with Crippen molar-refractivity contribution in [3.8, 4) is 11.3 Å². The molecule has 1 aromatic carbocycles. The topological polar surface area (TPSA) is 90.8 Å². The summed E-state index contributed by atoms with van der Waals surface area (Å²) in [5, 5.41) is 8.65. The fraction of sp³-hybridized carbons (Fsp3) is 0.478. The van der Waals surface area contributed by atoms with Gasteiger partial charge < -0.3 is 19.1 Å². The second kappa shape index (κ2) is 9.61. The molecule has 0 aliphatic carbocycles. The van der Waals surface area contributed by atoms with Gasteiger partial charge in [0, 0.05) is 37.7 Å². The predicted octanol–water partition coefficient (Wildman–Crippen LogP) is 3.91. The van der Waals surface area contributed by atoms with E-state index in [1.165, 1.54) is 31.4 Å². The quantitative estimate of drug-likeness (QED) is 0.552. The van der Waals surface area contributed by atoms with Crippen molar-refractivity contribution in [2.75, 3.05) is 38.8 Å². The summed E-state index contributed by atoms with van der Waals surface area (Å²) in [6, 6.07) is 5.45. The van der Waals surface area contributed by atoms with Crippen molar-refractivity contribution in [3.63, 3.8) is 0 Å². The SMILES string of the molecule is COC[C@@]1(CN(C)c2nnc(-c3cc(Cl)ccc3F)cc2C(=O)OC(C)(C)C)CCOC1=O. The normalized spacial score (nSPS) is 18.2. The van der Waals surface area contributed by atoms with Crippen LogP contribution in [0.25, 0.3) is 11.3 Å². The molecule has 0 bridgehead atoms. The highest BCUT2D eigenvalue weighted by Crippen LogP contribution is 2.34. The van der Waals surface area contributed by atoms with Gasteiger partial charge in [0.25, 0.3) is 0 Å². The number of hydrogen-bond donors (Lipinski definition) is 0. The van der Waals surface area contributed by atoms with E-state index in [4.69, 9.17) is 25.8 Å². The largest absolute Gasteiger partial charge is 0.465 e. The van der Waals surface area contributed by atoms with Crippen molar-refractivity contribution < 1.29 is 28.2 Å². The monoisotopic (exact) mass is 479 g/mol. The Morgan fingerprint density at radius 3 is 2.64 bits per heavy atom. The lowest BCUT2D eigenvalue weighted by atomic mass is 9.87. The molecule has 1 aliphatic rings. The number of halogens is 2. The van der Waals surface area contributed by atoms with Crippen molar-refractivity contribution in [1.82, 2.24) is 10.2 Å². The summed E-state index contributed by atoms with van der Waals surface area (Å²) in [5.74, 6) is -1.40. The van der Waals surface area contributed by atoms with E-state index in [1.807, 2.05) is 0 Å². The number of aromatic nitrogens is 2. The molecule has 1 atom stereocenters. The number of anilines is 1. The van der Waals surface area contributed by atoms with Gasteiger partial charge in [-0.2, -0.15) is 0 Å². The average Bonchev–Trinajstić information content (AvgIpc) is 3.08. The lowest BCUT2D eigenvalue weighted by molar-refractivity contribution is -0.148. The van der Waals surface area contributed by atoms with E-state index in [-0.39, 0.29) is 48.4 Å². The minimum Gasteiger partial charge on any atom is -0.465 e. The van der Waals surface area contributed by atoms with Gasteiger partial charge in [0.05, 0.1) is 18.9 Å². The van der Waals surface area contributed by atoms with Gasteiger partial charge in [0.15, 0.2) is 5.82 Å². The van der Waals surface area contributed by atoms with Gasteiger partial charge in [0.1, 0.15) is 22.4 Å². The first-order chi connectivity index (χ1) is 15.5. The molecule has 0 amide bonds. The molecule has 178 valence electrons. The Morgan fingerprint density at radius 1 is 1.30 bits per heavy atom. The Hall–Kier alpha value is -2.78. The molecule has 1 fully saturated rings. The molecule has 0 N–H and O–H groups in total. The fourth-order valence-electron chi connectivity index (χ4n) is 3.70. The molecular weight excluding hydrogens is 453 g/mol. The summed E-state index contributed by atoms with van der Waals surface area (Å²) in [7, 11) is 3.19. The van der Waals surface area contributed by atoms with Crippen LogP contribution in [0.1, 0.15) is 37.6 Å². The zero-order valence-corrected chi connectivity index (χ0v) is 20.0. The highest BCUT2D eigenvalue weighted by atomic mass is 35.5. The van der Waals surface area contributed by atoms with Crippen molar-refractivity contribution in [3.05, 3.63) is 40.7 Å². The smallest absolute Gasteiger partial charge is 0.342 e. The molecule has 1 aromatic heterocycles. The summed E-state index contributed by atoms with van der Waals surface area (Å²) in [6.07, 6.45) is 0.463. The van der Waals surface area contributed by atoms with E-state index < -0.39 is 22.8 Å². The van der Waals surface area contributed by atoms with Crippen molar-refractivity contribution in [1.29, 1.82) is 0 Å². The Morgan fingerprint density at radius 2 is 2.03 bits per heavy atom. The average molecular weight is 480 g/mol. The van der Waals surface area contributed by atoms with Crippen molar-refractivity contribution >= 4 is 29.4 Å². The second-order valence-corrected chi connectivity index (χ2v) is 9.48. The van der Waals surface area contributed by atoms with Gasteiger partial charge in [-0.05, 0) is 45.0 Å². The number of carbonyl (C=O) groups excluding carboxylic acids is 2. The van der Waals surface area contributed by atoms with E-state index in [2.05, 4.69) is 10.2 Å². The minimum absolute atomic E-state index is 0.0794. The van der Waals surface area contributed by atoms with Crippen molar-refractivity contribution in [2.45, 2.75) is 32.8 Å². The van der Waals surface area contributed by atoms with E-state index in [0.717, 1.165) is 0 Å². The van der Waals surface area contributed by atoms with Gasteiger partial charge in [-0.1, -0.05) is 11.6 Å². The van der Waals surface area contributed by atoms with Gasteiger partial charge in [0.2, 0.25) is 0 Å². The van der Waals surface area contributed by atoms with Crippen LogP contribution in [0.3, 0.4) is 0 Å². The summed E-state index contributed by atoms with van der Waals surface area (Å²) in [4.78, 5) is 27.2. The third kappa shape index (κ3) is 5.59. The number of ether oxygens (including phenoxy) is 3. The molecule has 8 nitrogen and oxygen atoms in total. The van der Waals surface area contributed by atoms with E-state index in [0.29, 0.717) is 11.4 Å².